The zero-order valence-corrected chi connectivity index (χ0v) is 11.4. The Morgan fingerprint density at radius 3 is 3.35 bits per heavy atom. The van der Waals surface area contributed by atoms with Gasteiger partial charge in [-0.2, -0.15) is 0 Å². The van der Waals surface area contributed by atoms with Crippen molar-refractivity contribution < 1.29 is 4.74 Å². The molecule has 2 aliphatic heterocycles. The largest absolute Gasteiger partial charge is 0.373 e. The maximum atomic E-state index is 6.02. The second kappa shape index (κ2) is 4.71. The minimum absolute atomic E-state index is 0.172. The quantitative estimate of drug-likeness (QED) is 0.879. The van der Waals surface area contributed by atoms with Crippen molar-refractivity contribution in [2.75, 3.05) is 25.4 Å². The van der Waals surface area contributed by atoms with Gasteiger partial charge in [-0.3, -0.25) is 9.47 Å². The molecule has 0 spiro atoms. The van der Waals surface area contributed by atoms with Gasteiger partial charge in [0.25, 0.3) is 0 Å². The van der Waals surface area contributed by atoms with Gasteiger partial charge >= 0.3 is 0 Å². The predicted molar refractivity (Wildman–Crippen MR) is 76.3 cm³/mol. The van der Waals surface area contributed by atoms with Gasteiger partial charge < -0.3 is 10.5 Å². The normalized spacial score (nSPS) is 27.0. The summed E-state index contributed by atoms with van der Waals surface area (Å²) < 4.78 is 7.96. The highest BCUT2D eigenvalue weighted by molar-refractivity contribution is 5.73. The van der Waals surface area contributed by atoms with E-state index in [-0.39, 0.29) is 6.10 Å². The molecule has 0 amide bonds. The lowest BCUT2D eigenvalue weighted by Gasteiger charge is -2.35. The van der Waals surface area contributed by atoms with Crippen LogP contribution in [0.5, 0.6) is 0 Å². The monoisotopic (exact) mass is 273 g/mol. The van der Waals surface area contributed by atoms with Gasteiger partial charge in [-0.1, -0.05) is 0 Å². The summed E-state index contributed by atoms with van der Waals surface area (Å²) in [5.41, 5.74) is 7.71. The van der Waals surface area contributed by atoms with Crippen LogP contribution in [0.4, 0.5) is 5.95 Å². The van der Waals surface area contributed by atoms with E-state index in [1.807, 2.05) is 16.7 Å². The molecule has 4 heterocycles. The van der Waals surface area contributed by atoms with Gasteiger partial charge in [-0.15, -0.1) is 0 Å². The Labute approximate surface area is 117 Å². The van der Waals surface area contributed by atoms with E-state index in [1.54, 1.807) is 6.20 Å². The molecular weight excluding hydrogens is 254 g/mol. The third-order valence-electron chi connectivity index (χ3n) is 4.38. The first kappa shape index (κ1) is 12.1. The summed E-state index contributed by atoms with van der Waals surface area (Å²) in [4.78, 5) is 11.3. The fourth-order valence-electron chi connectivity index (χ4n) is 3.36. The van der Waals surface area contributed by atoms with Gasteiger partial charge in [0.05, 0.1) is 19.3 Å². The van der Waals surface area contributed by atoms with E-state index in [0.717, 1.165) is 30.9 Å². The zero-order chi connectivity index (χ0) is 13.5. The lowest BCUT2D eigenvalue weighted by Crippen LogP contribution is -2.47. The SMILES string of the molecule is Nc1nc2cccnc2n1CC1CN2CCCC2CO1. The van der Waals surface area contributed by atoms with Crippen LogP contribution in [0.2, 0.25) is 0 Å². The van der Waals surface area contributed by atoms with E-state index in [1.165, 1.54) is 19.4 Å². The molecule has 2 saturated heterocycles. The van der Waals surface area contributed by atoms with Gasteiger partial charge in [0.2, 0.25) is 5.95 Å². The minimum atomic E-state index is 0.172. The summed E-state index contributed by atoms with van der Waals surface area (Å²) >= 11 is 0. The first-order chi connectivity index (χ1) is 9.81. The Balaban J connectivity index is 1.57. The third kappa shape index (κ3) is 1.96. The van der Waals surface area contributed by atoms with Crippen molar-refractivity contribution in [2.45, 2.75) is 31.5 Å². The summed E-state index contributed by atoms with van der Waals surface area (Å²) in [6, 6.07) is 4.44. The molecule has 0 radical (unpaired) electrons. The summed E-state index contributed by atoms with van der Waals surface area (Å²) in [6.07, 6.45) is 4.51. The number of nitrogens with two attached hydrogens (primary N) is 1. The van der Waals surface area contributed by atoms with E-state index in [9.17, 15) is 0 Å². The first-order valence-corrected chi connectivity index (χ1v) is 7.23. The molecule has 2 N–H and O–H groups in total. The molecule has 2 atom stereocenters. The number of nitrogen functional groups attached to an aromatic ring is 1. The molecule has 106 valence electrons. The molecule has 4 rings (SSSR count). The second-order valence-corrected chi connectivity index (χ2v) is 5.67. The number of imidazole rings is 1. The van der Waals surface area contributed by atoms with Crippen LogP contribution >= 0.6 is 0 Å². The van der Waals surface area contributed by atoms with Crippen LogP contribution in [0.1, 0.15) is 12.8 Å². The van der Waals surface area contributed by atoms with Gasteiger partial charge in [-0.25, -0.2) is 9.97 Å². The number of nitrogens with zero attached hydrogens (tertiary/aromatic N) is 4. The number of morpholine rings is 1. The average molecular weight is 273 g/mol. The minimum Gasteiger partial charge on any atom is -0.373 e. The Hall–Kier alpha value is -1.66. The number of rotatable bonds is 2. The molecule has 6 nitrogen and oxygen atoms in total. The topological polar surface area (TPSA) is 69.2 Å². The lowest BCUT2D eigenvalue weighted by molar-refractivity contribution is -0.0545. The van der Waals surface area contributed by atoms with Crippen molar-refractivity contribution >= 4 is 17.1 Å². The standard InChI is InChI=1S/C14H19N5O/c15-14-17-12-4-1-5-16-13(12)19(14)8-11-7-18-6-2-3-10(18)9-20-11/h1,4-5,10-11H,2-3,6-9H2,(H2,15,17). The fourth-order valence-corrected chi connectivity index (χ4v) is 3.36. The number of anilines is 1. The van der Waals surface area contributed by atoms with Crippen molar-refractivity contribution in [1.82, 2.24) is 19.4 Å². The number of aromatic nitrogens is 3. The Kier molecular flexibility index (Phi) is 2.85. The highest BCUT2D eigenvalue weighted by Crippen LogP contribution is 2.24. The summed E-state index contributed by atoms with van der Waals surface area (Å²) in [5, 5.41) is 0. The summed E-state index contributed by atoms with van der Waals surface area (Å²) in [6.45, 7) is 3.74. The van der Waals surface area contributed by atoms with Crippen molar-refractivity contribution in [3.63, 3.8) is 0 Å². The number of hydrogen-bond donors (Lipinski definition) is 1. The highest BCUT2D eigenvalue weighted by atomic mass is 16.5. The number of hydrogen-bond acceptors (Lipinski definition) is 5. The molecule has 6 heteroatoms. The first-order valence-electron chi connectivity index (χ1n) is 7.23. The van der Waals surface area contributed by atoms with E-state index >= 15 is 0 Å². The molecule has 20 heavy (non-hydrogen) atoms. The Morgan fingerprint density at radius 2 is 2.40 bits per heavy atom. The molecular formula is C14H19N5O. The molecule has 0 aliphatic carbocycles. The van der Waals surface area contributed by atoms with Crippen LogP contribution in [-0.2, 0) is 11.3 Å². The summed E-state index contributed by atoms with van der Waals surface area (Å²) in [5.74, 6) is 0.519. The van der Waals surface area contributed by atoms with Gasteiger partial charge in [-0.05, 0) is 31.5 Å². The predicted octanol–water partition coefficient (Wildman–Crippen LogP) is 0.877. The van der Waals surface area contributed by atoms with Crippen LogP contribution in [0.15, 0.2) is 18.3 Å². The number of fused-ring (bicyclic) bond motifs is 2. The van der Waals surface area contributed by atoms with Crippen LogP contribution in [-0.4, -0.2) is 51.3 Å². The molecule has 2 aromatic heterocycles. The maximum absolute atomic E-state index is 6.02. The maximum Gasteiger partial charge on any atom is 0.202 e. The van der Waals surface area contributed by atoms with Crippen molar-refractivity contribution in [3.8, 4) is 0 Å². The number of ether oxygens (including phenoxy) is 1. The van der Waals surface area contributed by atoms with Crippen molar-refractivity contribution in [1.29, 1.82) is 0 Å². The summed E-state index contributed by atoms with van der Waals surface area (Å²) in [7, 11) is 0. The molecule has 2 unspecified atom stereocenters. The average Bonchev–Trinajstić information content (AvgIpc) is 3.04. The smallest absolute Gasteiger partial charge is 0.202 e. The second-order valence-electron chi connectivity index (χ2n) is 5.67. The van der Waals surface area contributed by atoms with E-state index in [2.05, 4.69) is 14.9 Å². The van der Waals surface area contributed by atoms with Crippen LogP contribution in [0.25, 0.3) is 11.2 Å². The Bertz CT molecular complexity index is 625. The van der Waals surface area contributed by atoms with Crippen molar-refractivity contribution in [2.24, 2.45) is 0 Å². The molecule has 2 fully saturated rings. The van der Waals surface area contributed by atoms with Crippen LogP contribution in [0, 0.1) is 0 Å². The highest BCUT2D eigenvalue weighted by Gasteiger charge is 2.32. The van der Waals surface area contributed by atoms with E-state index < -0.39 is 0 Å². The molecule has 0 aromatic carbocycles. The fraction of sp³-hybridized carbons (Fsp3) is 0.571. The Morgan fingerprint density at radius 1 is 1.45 bits per heavy atom. The molecule has 0 bridgehead atoms. The van der Waals surface area contributed by atoms with Crippen LogP contribution in [0.3, 0.4) is 0 Å². The van der Waals surface area contributed by atoms with Crippen LogP contribution < -0.4 is 5.73 Å². The molecule has 0 saturated carbocycles. The molecule has 2 aliphatic rings. The van der Waals surface area contributed by atoms with E-state index in [4.69, 9.17) is 10.5 Å². The van der Waals surface area contributed by atoms with Gasteiger partial charge in [0.15, 0.2) is 5.65 Å². The molecule has 2 aromatic rings. The zero-order valence-electron chi connectivity index (χ0n) is 11.4. The van der Waals surface area contributed by atoms with Crippen molar-refractivity contribution in [3.05, 3.63) is 18.3 Å². The lowest BCUT2D eigenvalue weighted by atomic mass is 10.2. The van der Waals surface area contributed by atoms with Gasteiger partial charge in [0, 0.05) is 18.8 Å². The number of pyridine rings is 1. The van der Waals surface area contributed by atoms with E-state index in [0.29, 0.717) is 12.0 Å². The van der Waals surface area contributed by atoms with Gasteiger partial charge in [0.1, 0.15) is 5.52 Å². The third-order valence-corrected chi connectivity index (χ3v) is 4.38.